The van der Waals surface area contributed by atoms with Crippen molar-refractivity contribution < 1.29 is 9.59 Å². The largest absolute Gasteiger partial charge is 0.372 e. The molecule has 0 spiro atoms. The summed E-state index contributed by atoms with van der Waals surface area (Å²) in [7, 11) is 0. The fraction of sp³-hybridized carbons (Fsp3) is 0.381. The molecule has 0 radical (unpaired) electrons. The van der Waals surface area contributed by atoms with Gasteiger partial charge in [0.05, 0.1) is 9.75 Å². The molecule has 1 aliphatic carbocycles. The van der Waals surface area contributed by atoms with E-state index < -0.39 is 11.6 Å². The van der Waals surface area contributed by atoms with Gasteiger partial charge in [-0.05, 0) is 85.4 Å². The molecular weight excluding hydrogens is 629 g/mol. The molecule has 6 heteroatoms. The van der Waals surface area contributed by atoms with Crippen LogP contribution in [0.3, 0.4) is 0 Å². The zero-order valence-corrected chi connectivity index (χ0v) is 30.7. The average molecular weight is 679 g/mol. The van der Waals surface area contributed by atoms with Crippen LogP contribution in [0.1, 0.15) is 121 Å². The summed E-state index contributed by atoms with van der Waals surface area (Å²) in [4.78, 5) is 35.0. The van der Waals surface area contributed by atoms with Crippen LogP contribution in [0.25, 0.3) is 34.1 Å². The molecule has 0 saturated carbocycles. The van der Waals surface area contributed by atoms with Crippen molar-refractivity contribution in [3.8, 4) is 9.75 Å². The fourth-order valence-corrected chi connectivity index (χ4v) is 8.26. The molecule has 0 saturated heterocycles. The van der Waals surface area contributed by atoms with Crippen molar-refractivity contribution in [2.24, 2.45) is 0 Å². The highest BCUT2D eigenvalue weighted by Gasteiger charge is 2.34. The number of carbonyl (C=O) groups is 2. The molecule has 0 unspecified atom stereocenters. The Morgan fingerprint density at radius 3 is 1.15 bits per heavy atom. The Bertz CT molecular complexity index is 1570. The van der Waals surface area contributed by atoms with E-state index in [0.29, 0.717) is 11.1 Å². The van der Waals surface area contributed by atoms with Crippen LogP contribution < -0.4 is 9.80 Å². The molecule has 0 N–H and O–H groups in total. The highest BCUT2D eigenvalue weighted by atomic mass is 32.1. The van der Waals surface area contributed by atoms with Crippen molar-refractivity contribution >= 4 is 69.9 Å². The van der Waals surface area contributed by atoms with Crippen molar-refractivity contribution in [3.05, 3.63) is 92.7 Å². The van der Waals surface area contributed by atoms with Crippen LogP contribution >= 0.6 is 22.7 Å². The average Bonchev–Trinajstić information content (AvgIpc) is 3.75. The van der Waals surface area contributed by atoms with Gasteiger partial charge in [0.15, 0.2) is 0 Å². The molecular formula is C42H50N2O2S2. The lowest BCUT2D eigenvalue weighted by Gasteiger charge is -2.24. The summed E-state index contributed by atoms with van der Waals surface area (Å²) in [5.41, 5.74) is 5.83. The standard InChI is InChI=1S/C42H50N2O2S2/c1-5-9-25-43(26-10-6-2)33-19-13-31(14-20-33)17-23-35-29-37-39(45)40(46)38-30-36(48-42(38)41(37)47-35)24-18-32-15-21-34(22-16-32)44(27-11-7-3)28-12-8-4/h13-24,29-30H,5-12,25-28H2,1-4H3/b23-17+,24-18+. The summed E-state index contributed by atoms with van der Waals surface area (Å²) >= 11 is 3.17. The Balaban J connectivity index is 1.30. The van der Waals surface area contributed by atoms with E-state index in [1.165, 1.54) is 62.7 Å². The summed E-state index contributed by atoms with van der Waals surface area (Å²) in [6.45, 7) is 13.3. The first-order valence-corrected chi connectivity index (χ1v) is 19.5. The van der Waals surface area contributed by atoms with Gasteiger partial charge in [-0.15, -0.1) is 22.7 Å². The van der Waals surface area contributed by atoms with E-state index in [2.05, 4.69) is 110 Å². The van der Waals surface area contributed by atoms with Gasteiger partial charge in [-0.25, -0.2) is 0 Å². The number of hydrogen-bond acceptors (Lipinski definition) is 6. The van der Waals surface area contributed by atoms with Crippen molar-refractivity contribution in [2.75, 3.05) is 36.0 Å². The highest BCUT2D eigenvalue weighted by Crippen LogP contribution is 2.45. The molecule has 0 aliphatic heterocycles. The molecule has 2 heterocycles. The summed E-state index contributed by atoms with van der Waals surface area (Å²) in [6.07, 6.45) is 17.9. The molecule has 4 aromatic rings. The molecule has 0 atom stereocenters. The van der Waals surface area contributed by atoms with Crippen LogP contribution in [0, 0.1) is 0 Å². The number of ketones is 2. The van der Waals surface area contributed by atoms with Gasteiger partial charge in [-0.1, -0.05) is 89.8 Å². The normalized spacial score (nSPS) is 12.7. The maximum absolute atomic E-state index is 13.1. The second-order valence-electron chi connectivity index (χ2n) is 12.7. The lowest BCUT2D eigenvalue weighted by atomic mass is 9.95. The number of hydrogen-bond donors (Lipinski definition) is 0. The predicted octanol–water partition coefficient (Wildman–Crippen LogP) is 12.0. The van der Waals surface area contributed by atoms with E-state index >= 15 is 0 Å². The van der Waals surface area contributed by atoms with Crippen LogP contribution in [-0.4, -0.2) is 37.7 Å². The van der Waals surface area contributed by atoms with Crippen LogP contribution in [0.2, 0.25) is 0 Å². The van der Waals surface area contributed by atoms with Crippen molar-refractivity contribution in [3.63, 3.8) is 0 Å². The summed E-state index contributed by atoms with van der Waals surface area (Å²) < 4.78 is 0. The number of carbonyl (C=O) groups excluding carboxylic acids is 2. The van der Waals surface area contributed by atoms with Gasteiger partial charge in [0.1, 0.15) is 0 Å². The van der Waals surface area contributed by atoms with E-state index in [0.717, 1.165) is 56.8 Å². The lowest BCUT2D eigenvalue weighted by molar-refractivity contribution is 0.0816. The van der Waals surface area contributed by atoms with Crippen molar-refractivity contribution in [2.45, 2.75) is 79.1 Å². The minimum Gasteiger partial charge on any atom is -0.372 e. The number of rotatable bonds is 18. The quantitative estimate of drug-likeness (QED) is 0.0982. The maximum atomic E-state index is 13.1. The molecule has 5 rings (SSSR count). The minimum absolute atomic E-state index is 0.406. The number of unbranched alkanes of at least 4 members (excludes halogenated alkanes) is 4. The topological polar surface area (TPSA) is 40.6 Å². The Kier molecular flexibility index (Phi) is 13.0. The van der Waals surface area contributed by atoms with Gasteiger partial charge < -0.3 is 9.80 Å². The molecule has 0 bridgehead atoms. The molecule has 0 amide bonds. The summed E-state index contributed by atoms with van der Waals surface area (Å²) in [5, 5.41) is 0. The third-order valence-corrected chi connectivity index (χ3v) is 11.3. The fourth-order valence-electron chi connectivity index (χ4n) is 5.99. The van der Waals surface area contributed by atoms with Crippen LogP contribution in [-0.2, 0) is 0 Å². The molecule has 4 nitrogen and oxygen atoms in total. The van der Waals surface area contributed by atoms with Gasteiger partial charge in [-0.2, -0.15) is 0 Å². The van der Waals surface area contributed by atoms with Crippen LogP contribution in [0.5, 0.6) is 0 Å². The number of benzene rings is 2. The minimum atomic E-state index is -0.406. The van der Waals surface area contributed by atoms with Crippen LogP contribution in [0.15, 0.2) is 60.7 Å². The Labute approximate surface area is 295 Å². The van der Waals surface area contributed by atoms with E-state index in [-0.39, 0.29) is 0 Å². The molecule has 1 aliphatic rings. The van der Waals surface area contributed by atoms with Crippen molar-refractivity contribution in [1.82, 2.24) is 0 Å². The zero-order valence-electron chi connectivity index (χ0n) is 29.1. The number of fused-ring (bicyclic) bond motifs is 3. The van der Waals surface area contributed by atoms with E-state index in [9.17, 15) is 9.59 Å². The Morgan fingerprint density at radius 2 is 0.833 bits per heavy atom. The molecule has 48 heavy (non-hydrogen) atoms. The van der Waals surface area contributed by atoms with Gasteiger partial charge in [0.2, 0.25) is 11.6 Å². The smallest absolute Gasteiger partial charge is 0.235 e. The Morgan fingerprint density at radius 1 is 0.500 bits per heavy atom. The Hall–Kier alpha value is -3.74. The summed E-state index contributed by atoms with van der Waals surface area (Å²) in [6, 6.07) is 21.3. The SMILES string of the molecule is CCCCN(CCCC)c1ccc(/C=C/c2cc3c(s2)-c2sc(/C=C/c4ccc(N(CCCC)CCCC)cc4)cc2C(=O)C3=O)cc1. The van der Waals surface area contributed by atoms with Crippen LogP contribution in [0.4, 0.5) is 11.4 Å². The molecule has 0 fully saturated rings. The number of thiophene rings is 2. The molecule has 252 valence electrons. The van der Waals surface area contributed by atoms with Gasteiger partial charge in [0.25, 0.3) is 0 Å². The predicted molar refractivity (Wildman–Crippen MR) is 211 cm³/mol. The van der Waals surface area contributed by atoms with Crippen molar-refractivity contribution in [1.29, 1.82) is 0 Å². The number of nitrogens with zero attached hydrogens (tertiary/aromatic N) is 2. The molecule has 2 aromatic heterocycles. The highest BCUT2D eigenvalue weighted by molar-refractivity contribution is 7.24. The third kappa shape index (κ3) is 8.83. The van der Waals surface area contributed by atoms with E-state index in [4.69, 9.17) is 0 Å². The third-order valence-electron chi connectivity index (χ3n) is 8.93. The second kappa shape index (κ2) is 17.6. The maximum Gasteiger partial charge on any atom is 0.235 e. The lowest BCUT2D eigenvalue weighted by Crippen LogP contribution is -2.25. The second-order valence-corrected chi connectivity index (χ2v) is 14.8. The number of Topliss-reactive ketones (excluding diaryl/α,β-unsaturated/α-hetero) is 2. The number of anilines is 2. The zero-order chi connectivity index (χ0) is 33.9. The molecule has 2 aromatic carbocycles. The van der Waals surface area contributed by atoms with Gasteiger partial charge in [-0.3, -0.25) is 9.59 Å². The van der Waals surface area contributed by atoms with Gasteiger partial charge >= 0.3 is 0 Å². The first-order chi connectivity index (χ1) is 23.4. The summed E-state index contributed by atoms with van der Waals surface area (Å²) in [5.74, 6) is -0.812. The van der Waals surface area contributed by atoms with E-state index in [1.807, 2.05) is 12.1 Å². The first-order valence-electron chi connectivity index (χ1n) is 17.9. The monoisotopic (exact) mass is 678 g/mol. The van der Waals surface area contributed by atoms with E-state index in [1.54, 1.807) is 22.7 Å². The first kappa shape index (κ1) is 35.6. The van der Waals surface area contributed by atoms with Gasteiger partial charge in [0, 0.05) is 58.4 Å².